The number of rotatable bonds is 7. The SMILES string of the molecule is C=[C+]C(C)CNC(C)CC[CH+]C. The van der Waals surface area contributed by atoms with Gasteiger partial charge < -0.3 is 5.32 Å². The summed E-state index contributed by atoms with van der Waals surface area (Å²) in [5.74, 6) is 0.457. The van der Waals surface area contributed by atoms with E-state index in [1.165, 1.54) is 12.8 Å². The maximum Gasteiger partial charge on any atom is 0.219 e. The Morgan fingerprint density at radius 1 is 1.50 bits per heavy atom. The summed E-state index contributed by atoms with van der Waals surface area (Å²) in [6.45, 7) is 11.1. The second-order valence-corrected chi connectivity index (χ2v) is 3.40. The van der Waals surface area contributed by atoms with E-state index in [-0.39, 0.29) is 0 Å². The van der Waals surface area contributed by atoms with E-state index in [9.17, 15) is 0 Å². The molecule has 0 aromatic heterocycles. The van der Waals surface area contributed by atoms with Gasteiger partial charge >= 0.3 is 0 Å². The van der Waals surface area contributed by atoms with E-state index in [0.29, 0.717) is 12.0 Å². The van der Waals surface area contributed by atoms with Crippen molar-refractivity contribution >= 4 is 0 Å². The minimum Gasteiger partial charge on any atom is -0.309 e. The van der Waals surface area contributed by atoms with Gasteiger partial charge in [-0.2, -0.15) is 0 Å². The zero-order valence-electron chi connectivity index (χ0n) is 8.56. The number of unbranched alkanes of at least 4 members (excludes halogenated alkanes) is 1. The van der Waals surface area contributed by atoms with Crippen LogP contribution in [0.3, 0.4) is 0 Å². The van der Waals surface area contributed by atoms with Crippen molar-refractivity contribution in [2.24, 2.45) is 5.92 Å². The molecule has 1 heteroatoms. The Morgan fingerprint density at radius 3 is 2.67 bits per heavy atom. The zero-order valence-corrected chi connectivity index (χ0v) is 8.56. The normalized spacial score (nSPS) is 14.9. The molecule has 0 saturated carbocycles. The van der Waals surface area contributed by atoms with E-state index in [1.54, 1.807) is 0 Å². The summed E-state index contributed by atoms with van der Waals surface area (Å²) in [6, 6.07) is 0.608. The Kier molecular flexibility index (Phi) is 6.84. The minimum atomic E-state index is 0.457. The van der Waals surface area contributed by atoms with E-state index < -0.39 is 0 Å². The van der Waals surface area contributed by atoms with Gasteiger partial charge in [-0.15, -0.1) is 0 Å². The van der Waals surface area contributed by atoms with Crippen molar-refractivity contribution in [2.75, 3.05) is 6.54 Å². The Balaban J connectivity index is 3.29. The molecule has 0 aromatic carbocycles. The van der Waals surface area contributed by atoms with Crippen molar-refractivity contribution in [3.63, 3.8) is 0 Å². The molecule has 0 heterocycles. The fraction of sp³-hybridized carbons (Fsp3) is 0.727. The van der Waals surface area contributed by atoms with Gasteiger partial charge in [0.1, 0.15) is 6.58 Å². The highest BCUT2D eigenvalue weighted by Gasteiger charge is 2.10. The molecule has 2 unspecified atom stereocenters. The fourth-order valence-corrected chi connectivity index (χ4v) is 0.969. The van der Waals surface area contributed by atoms with E-state index in [1.807, 2.05) is 0 Å². The number of nitrogens with one attached hydrogen (secondary N) is 1. The standard InChI is InChI=1S/C11H21N/c1-5-7-8-11(4)12-9-10(3)6-2/h5,10-12H,2,7-9H2,1,3-4H3/q+2. The summed E-state index contributed by atoms with van der Waals surface area (Å²) in [5.41, 5.74) is 0. The Morgan fingerprint density at radius 2 is 2.17 bits per heavy atom. The number of hydrogen-bond acceptors (Lipinski definition) is 1. The lowest BCUT2D eigenvalue weighted by molar-refractivity contribution is 0.477. The van der Waals surface area contributed by atoms with E-state index >= 15 is 0 Å². The van der Waals surface area contributed by atoms with Crippen LogP contribution in [0.25, 0.3) is 0 Å². The highest BCUT2D eigenvalue weighted by Crippen LogP contribution is 2.00. The van der Waals surface area contributed by atoms with Crippen molar-refractivity contribution in [1.82, 2.24) is 5.32 Å². The average molecular weight is 167 g/mol. The summed E-state index contributed by atoms with van der Waals surface area (Å²) in [5, 5.41) is 3.45. The van der Waals surface area contributed by atoms with Crippen LogP contribution >= 0.6 is 0 Å². The molecule has 12 heavy (non-hydrogen) atoms. The molecule has 0 aliphatic rings. The molecular weight excluding hydrogens is 146 g/mol. The first-order valence-electron chi connectivity index (χ1n) is 4.74. The molecule has 0 bridgehead atoms. The first kappa shape index (κ1) is 11.5. The summed E-state index contributed by atoms with van der Waals surface area (Å²) >= 11 is 0. The lowest BCUT2D eigenvalue weighted by Gasteiger charge is -2.10. The molecule has 68 valence electrons. The van der Waals surface area contributed by atoms with Crippen LogP contribution in [0.2, 0.25) is 0 Å². The molecule has 0 spiro atoms. The van der Waals surface area contributed by atoms with Gasteiger partial charge in [-0.25, -0.2) is 0 Å². The lowest BCUT2D eigenvalue weighted by atomic mass is 10.1. The van der Waals surface area contributed by atoms with Gasteiger partial charge in [0.05, 0.1) is 19.8 Å². The molecule has 0 rings (SSSR count). The van der Waals surface area contributed by atoms with Gasteiger partial charge in [-0.3, -0.25) is 0 Å². The van der Waals surface area contributed by atoms with Gasteiger partial charge in [-0.05, 0) is 13.8 Å². The predicted molar refractivity (Wildman–Crippen MR) is 54.7 cm³/mol. The molecule has 1 nitrogen and oxygen atoms in total. The fourth-order valence-electron chi connectivity index (χ4n) is 0.969. The monoisotopic (exact) mass is 167 g/mol. The van der Waals surface area contributed by atoms with Gasteiger partial charge in [0.25, 0.3) is 0 Å². The summed E-state index contributed by atoms with van der Waals surface area (Å²) in [7, 11) is 0. The Labute approximate surface area is 77.2 Å². The molecular formula is C11H21N+2. The van der Waals surface area contributed by atoms with Crippen LogP contribution in [0.4, 0.5) is 0 Å². The highest BCUT2D eigenvalue weighted by molar-refractivity contribution is 4.71. The van der Waals surface area contributed by atoms with Crippen LogP contribution in [0.1, 0.15) is 33.6 Å². The van der Waals surface area contributed by atoms with Crippen molar-refractivity contribution < 1.29 is 0 Å². The molecule has 0 saturated heterocycles. The van der Waals surface area contributed by atoms with Crippen LogP contribution in [0.5, 0.6) is 0 Å². The molecule has 0 amide bonds. The molecule has 0 aromatic rings. The maximum absolute atomic E-state index is 3.63. The van der Waals surface area contributed by atoms with Crippen molar-refractivity contribution in [3.05, 3.63) is 19.1 Å². The van der Waals surface area contributed by atoms with Gasteiger partial charge in [0.2, 0.25) is 6.08 Å². The number of hydrogen-bond donors (Lipinski definition) is 1. The second kappa shape index (κ2) is 7.15. The highest BCUT2D eigenvalue weighted by atomic mass is 14.9. The van der Waals surface area contributed by atoms with E-state index in [2.05, 4.69) is 45.2 Å². The predicted octanol–water partition coefficient (Wildman–Crippen LogP) is 2.59. The second-order valence-electron chi connectivity index (χ2n) is 3.40. The van der Waals surface area contributed by atoms with Gasteiger partial charge in [0.15, 0.2) is 5.92 Å². The maximum atomic E-state index is 3.63. The summed E-state index contributed by atoms with van der Waals surface area (Å²) < 4.78 is 0. The van der Waals surface area contributed by atoms with Crippen LogP contribution in [-0.2, 0) is 0 Å². The van der Waals surface area contributed by atoms with Crippen LogP contribution in [0, 0.1) is 18.4 Å². The smallest absolute Gasteiger partial charge is 0.219 e. The molecule has 0 aliphatic carbocycles. The Hall–Kier alpha value is -0.520. The average Bonchev–Trinajstić information content (AvgIpc) is 2.10. The minimum absolute atomic E-state index is 0.457. The third-order valence-corrected chi connectivity index (χ3v) is 2.01. The van der Waals surface area contributed by atoms with Crippen LogP contribution in [-0.4, -0.2) is 12.6 Å². The van der Waals surface area contributed by atoms with Gasteiger partial charge in [0, 0.05) is 19.0 Å². The molecule has 0 fully saturated rings. The van der Waals surface area contributed by atoms with E-state index in [4.69, 9.17) is 0 Å². The lowest BCUT2D eigenvalue weighted by Crippen LogP contribution is -2.29. The quantitative estimate of drug-likeness (QED) is 0.575. The van der Waals surface area contributed by atoms with Crippen LogP contribution < -0.4 is 5.32 Å². The first-order valence-corrected chi connectivity index (χ1v) is 4.74. The molecule has 0 radical (unpaired) electrons. The molecule has 2 atom stereocenters. The van der Waals surface area contributed by atoms with Crippen molar-refractivity contribution in [1.29, 1.82) is 0 Å². The molecule has 1 N–H and O–H groups in total. The largest absolute Gasteiger partial charge is 0.309 e. The summed E-state index contributed by atoms with van der Waals surface area (Å²) in [6.07, 6.45) is 7.58. The Bertz CT molecular complexity index is 110. The molecule has 0 aliphatic heterocycles. The van der Waals surface area contributed by atoms with Crippen molar-refractivity contribution in [2.45, 2.75) is 39.7 Å². The summed E-state index contributed by atoms with van der Waals surface area (Å²) in [4.78, 5) is 0. The van der Waals surface area contributed by atoms with E-state index in [0.717, 1.165) is 6.54 Å². The zero-order chi connectivity index (χ0) is 9.40. The van der Waals surface area contributed by atoms with Crippen LogP contribution in [0.15, 0.2) is 6.58 Å². The van der Waals surface area contributed by atoms with Crippen molar-refractivity contribution in [3.8, 4) is 0 Å². The third-order valence-electron chi connectivity index (χ3n) is 2.01. The first-order chi connectivity index (χ1) is 5.70. The third kappa shape index (κ3) is 6.21. The van der Waals surface area contributed by atoms with Gasteiger partial charge in [-0.1, -0.05) is 0 Å². The topological polar surface area (TPSA) is 12.0 Å².